The third-order valence-corrected chi connectivity index (χ3v) is 6.38. The highest BCUT2D eigenvalue weighted by Crippen LogP contribution is 2.46. The number of para-hydroxylation sites is 1. The molecule has 1 aliphatic carbocycles. The predicted octanol–water partition coefficient (Wildman–Crippen LogP) is 3.98. The molecule has 0 saturated heterocycles. The van der Waals surface area contributed by atoms with E-state index in [2.05, 4.69) is 27.8 Å². The summed E-state index contributed by atoms with van der Waals surface area (Å²) in [7, 11) is 4.66. The highest BCUT2D eigenvalue weighted by Gasteiger charge is 2.43. The number of hydrogen-bond donors (Lipinski definition) is 2. The van der Waals surface area contributed by atoms with Gasteiger partial charge in [0.05, 0.1) is 20.3 Å². The fraction of sp³-hybridized carbons (Fsp3) is 0.440. The van der Waals surface area contributed by atoms with Crippen molar-refractivity contribution in [3.05, 3.63) is 59.2 Å². The van der Waals surface area contributed by atoms with E-state index in [1.807, 2.05) is 18.2 Å². The quantitative estimate of drug-likeness (QED) is 0.418. The van der Waals surface area contributed by atoms with Gasteiger partial charge in [0.1, 0.15) is 22.7 Å². The van der Waals surface area contributed by atoms with Crippen LogP contribution in [0.25, 0.3) is 0 Å². The Morgan fingerprint density at radius 3 is 2.69 bits per heavy atom. The predicted molar refractivity (Wildman–Crippen MR) is 123 cm³/mol. The maximum absolute atomic E-state index is 12.1. The molecular weight excluding hydrogens is 406 g/mol. The summed E-state index contributed by atoms with van der Waals surface area (Å²) < 4.78 is 16.6. The Bertz CT molecular complexity index is 998. The number of fused-ring (bicyclic) bond motifs is 1. The third-order valence-electron chi connectivity index (χ3n) is 6.38. The van der Waals surface area contributed by atoms with Crippen LogP contribution >= 0.6 is 0 Å². The molecule has 2 aromatic carbocycles. The first-order valence-corrected chi connectivity index (χ1v) is 11.1. The molecular formula is C25H31N3O4. The second kappa shape index (κ2) is 9.51. The summed E-state index contributed by atoms with van der Waals surface area (Å²) in [5.74, 6) is 1.73. The number of rotatable bonds is 5. The zero-order valence-electron chi connectivity index (χ0n) is 18.9. The number of nitrogens with one attached hydrogen (secondary N) is 2. The molecule has 0 radical (unpaired) electrons. The molecule has 1 spiro atoms. The Morgan fingerprint density at radius 1 is 1.19 bits per heavy atom. The molecule has 4 rings (SSSR count). The molecule has 7 nitrogen and oxygen atoms in total. The topological polar surface area (TPSA) is 81.2 Å². The SMILES string of the molecule is CN=C(NCc1ccc(OC)c(C(=O)OC)c1)NC1CC2(CCCC2)Oc2ccccc21. The van der Waals surface area contributed by atoms with E-state index in [9.17, 15) is 4.79 Å². The number of guanidine groups is 1. The van der Waals surface area contributed by atoms with Crippen LogP contribution in [0.4, 0.5) is 0 Å². The van der Waals surface area contributed by atoms with E-state index in [0.29, 0.717) is 23.8 Å². The van der Waals surface area contributed by atoms with Crippen molar-refractivity contribution in [3.63, 3.8) is 0 Å². The Kier molecular flexibility index (Phi) is 6.53. The lowest BCUT2D eigenvalue weighted by Crippen LogP contribution is -2.46. The monoisotopic (exact) mass is 437 g/mol. The summed E-state index contributed by atoms with van der Waals surface area (Å²) in [5.41, 5.74) is 2.40. The van der Waals surface area contributed by atoms with E-state index in [4.69, 9.17) is 14.2 Å². The number of carbonyl (C=O) groups is 1. The minimum atomic E-state index is -0.424. The fourth-order valence-electron chi connectivity index (χ4n) is 4.75. The lowest BCUT2D eigenvalue weighted by molar-refractivity contribution is 0.0396. The van der Waals surface area contributed by atoms with Crippen LogP contribution in [0.15, 0.2) is 47.5 Å². The van der Waals surface area contributed by atoms with Crippen LogP contribution in [0.2, 0.25) is 0 Å². The first kappa shape index (κ1) is 22.0. The van der Waals surface area contributed by atoms with Gasteiger partial charge in [0.15, 0.2) is 5.96 Å². The molecule has 0 aromatic heterocycles. The van der Waals surface area contributed by atoms with Gasteiger partial charge in [-0.2, -0.15) is 0 Å². The van der Waals surface area contributed by atoms with Gasteiger partial charge in [0.2, 0.25) is 0 Å². The molecule has 7 heteroatoms. The molecule has 0 bridgehead atoms. The Hall–Kier alpha value is -3.22. The number of esters is 1. The number of hydrogen-bond acceptors (Lipinski definition) is 5. The minimum Gasteiger partial charge on any atom is -0.496 e. The average Bonchev–Trinajstić information content (AvgIpc) is 3.27. The lowest BCUT2D eigenvalue weighted by atomic mass is 9.86. The summed E-state index contributed by atoms with van der Waals surface area (Å²) in [5, 5.41) is 6.97. The number of aliphatic imine (C=N–C) groups is 1. The molecule has 1 heterocycles. The van der Waals surface area contributed by atoms with Gasteiger partial charge in [-0.15, -0.1) is 0 Å². The van der Waals surface area contributed by atoms with Crippen LogP contribution in [-0.4, -0.2) is 38.8 Å². The van der Waals surface area contributed by atoms with Crippen molar-refractivity contribution in [3.8, 4) is 11.5 Å². The summed E-state index contributed by atoms with van der Waals surface area (Å²) in [6.07, 6.45) is 5.52. The first-order valence-electron chi connectivity index (χ1n) is 11.1. The number of carbonyl (C=O) groups excluding carboxylic acids is 1. The molecule has 2 aliphatic rings. The third kappa shape index (κ3) is 4.52. The largest absolute Gasteiger partial charge is 0.496 e. The minimum absolute atomic E-state index is 0.0870. The Morgan fingerprint density at radius 2 is 1.97 bits per heavy atom. The molecule has 2 aromatic rings. The molecule has 1 unspecified atom stereocenters. The summed E-state index contributed by atoms with van der Waals surface area (Å²) in [6.45, 7) is 0.504. The van der Waals surface area contributed by atoms with Gasteiger partial charge in [-0.05, 0) is 49.4 Å². The molecule has 32 heavy (non-hydrogen) atoms. The average molecular weight is 438 g/mol. The van der Waals surface area contributed by atoms with Gasteiger partial charge in [0, 0.05) is 25.6 Å². The van der Waals surface area contributed by atoms with Crippen molar-refractivity contribution < 1.29 is 19.0 Å². The van der Waals surface area contributed by atoms with Gasteiger partial charge in [0.25, 0.3) is 0 Å². The molecule has 1 saturated carbocycles. The van der Waals surface area contributed by atoms with Crippen molar-refractivity contribution in [1.82, 2.24) is 10.6 Å². The Balaban J connectivity index is 1.48. The van der Waals surface area contributed by atoms with E-state index >= 15 is 0 Å². The first-order chi connectivity index (χ1) is 15.6. The van der Waals surface area contributed by atoms with E-state index < -0.39 is 5.97 Å². The molecule has 170 valence electrons. The maximum atomic E-state index is 12.1. The number of ether oxygens (including phenoxy) is 3. The zero-order chi connectivity index (χ0) is 22.6. The van der Waals surface area contributed by atoms with Crippen molar-refractivity contribution >= 4 is 11.9 Å². The highest BCUT2D eigenvalue weighted by atomic mass is 16.5. The van der Waals surface area contributed by atoms with Gasteiger partial charge >= 0.3 is 5.97 Å². The van der Waals surface area contributed by atoms with E-state index in [0.717, 1.165) is 36.1 Å². The number of benzene rings is 2. The summed E-state index contributed by atoms with van der Waals surface area (Å²) in [6, 6.07) is 13.8. The number of methoxy groups -OCH3 is 2. The molecule has 1 atom stereocenters. The van der Waals surface area contributed by atoms with Crippen LogP contribution in [0.3, 0.4) is 0 Å². The van der Waals surface area contributed by atoms with Gasteiger partial charge in [-0.25, -0.2) is 4.79 Å². The molecule has 2 N–H and O–H groups in total. The highest BCUT2D eigenvalue weighted by molar-refractivity contribution is 5.92. The van der Waals surface area contributed by atoms with Gasteiger partial charge < -0.3 is 24.8 Å². The molecule has 0 amide bonds. The second-order valence-electron chi connectivity index (χ2n) is 8.38. The molecule has 1 fully saturated rings. The maximum Gasteiger partial charge on any atom is 0.341 e. The van der Waals surface area contributed by atoms with Crippen LogP contribution in [-0.2, 0) is 11.3 Å². The van der Waals surface area contributed by atoms with Crippen LogP contribution in [0.1, 0.15) is 59.6 Å². The van der Waals surface area contributed by atoms with E-state index in [-0.39, 0.29) is 11.6 Å². The van der Waals surface area contributed by atoms with Crippen molar-refractivity contribution in [2.24, 2.45) is 4.99 Å². The summed E-state index contributed by atoms with van der Waals surface area (Å²) >= 11 is 0. The lowest BCUT2D eigenvalue weighted by Gasteiger charge is -2.40. The van der Waals surface area contributed by atoms with Crippen LogP contribution in [0, 0.1) is 0 Å². The summed E-state index contributed by atoms with van der Waals surface area (Å²) in [4.78, 5) is 16.5. The Labute approximate surface area is 189 Å². The normalized spacial score (nSPS) is 19.1. The van der Waals surface area contributed by atoms with E-state index in [1.54, 1.807) is 19.2 Å². The number of nitrogens with zero attached hydrogens (tertiary/aromatic N) is 1. The van der Waals surface area contributed by atoms with Crippen LogP contribution < -0.4 is 20.1 Å². The second-order valence-corrected chi connectivity index (χ2v) is 8.38. The van der Waals surface area contributed by atoms with Gasteiger partial charge in [-0.1, -0.05) is 24.3 Å². The van der Waals surface area contributed by atoms with Gasteiger partial charge in [-0.3, -0.25) is 4.99 Å². The zero-order valence-corrected chi connectivity index (χ0v) is 18.9. The van der Waals surface area contributed by atoms with E-state index in [1.165, 1.54) is 27.1 Å². The van der Waals surface area contributed by atoms with Crippen LogP contribution in [0.5, 0.6) is 11.5 Å². The standard InChI is InChI=1S/C25H31N3O4/c1-26-24(27-16-17-10-11-21(30-2)19(14-17)23(29)31-3)28-20-15-25(12-6-7-13-25)32-22-9-5-4-8-18(20)22/h4-5,8-11,14,20H,6-7,12-13,15-16H2,1-3H3,(H2,26,27,28). The van der Waals surface area contributed by atoms with Crippen molar-refractivity contribution in [2.75, 3.05) is 21.3 Å². The fourth-order valence-corrected chi connectivity index (χ4v) is 4.75. The smallest absolute Gasteiger partial charge is 0.341 e. The van der Waals surface area contributed by atoms with Crippen molar-refractivity contribution in [2.45, 2.75) is 50.3 Å². The van der Waals surface area contributed by atoms with Crippen molar-refractivity contribution in [1.29, 1.82) is 0 Å². The molecule has 1 aliphatic heterocycles.